The lowest BCUT2D eigenvalue weighted by molar-refractivity contribution is -0.104. The number of hydrogen-bond acceptors (Lipinski definition) is 2. The van der Waals surface area contributed by atoms with E-state index in [1.54, 1.807) is 0 Å². The van der Waals surface area contributed by atoms with Crippen LogP contribution in [0, 0.1) is 5.92 Å². The van der Waals surface area contributed by atoms with Crippen molar-refractivity contribution in [3.05, 3.63) is 0 Å². The van der Waals surface area contributed by atoms with E-state index in [0.717, 1.165) is 30.9 Å². The Bertz CT molecular complexity index is 218. The summed E-state index contributed by atoms with van der Waals surface area (Å²) in [7, 11) is 0. The average Bonchev–Trinajstić information content (AvgIpc) is 2.85. The highest BCUT2D eigenvalue weighted by molar-refractivity contribution is 9.09. The van der Waals surface area contributed by atoms with Gasteiger partial charge in [0.1, 0.15) is 0 Å². The highest BCUT2D eigenvalue weighted by Gasteiger charge is 2.37. The number of hydrogen-bond donors (Lipinski definition) is 0. The lowest BCUT2D eigenvalue weighted by atomic mass is 9.78. The SMILES string of the molecule is CCCC1CCC(CBr)(OC2CCOC2)CC1. The van der Waals surface area contributed by atoms with Crippen LogP contribution in [-0.2, 0) is 9.47 Å². The van der Waals surface area contributed by atoms with Crippen molar-refractivity contribution < 1.29 is 9.47 Å². The minimum atomic E-state index is 0.0998. The van der Waals surface area contributed by atoms with Crippen LogP contribution in [0.15, 0.2) is 0 Å². The number of alkyl halides is 1. The summed E-state index contributed by atoms with van der Waals surface area (Å²) in [5, 5.41) is 0.981. The van der Waals surface area contributed by atoms with E-state index in [2.05, 4.69) is 22.9 Å². The molecule has 2 fully saturated rings. The maximum atomic E-state index is 6.34. The summed E-state index contributed by atoms with van der Waals surface area (Å²) in [6.07, 6.45) is 9.26. The third kappa shape index (κ3) is 3.68. The molecule has 2 aliphatic rings. The minimum absolute atomic E-state index is 0.0998. The molecule has 0 amide bonds. The fourth-order valence-corrected chi connectivity index (χ4v) is 3.84. The van der Waals surface area contributed by atoms with E-state index in [1.165, 1.54) is 38.5 Å². The molecule has 1 saturated heterocycles. The first-order valence-electron chi connectivity index (χ1n) is 7.09. The summed E-state index contributed by atoms with van der Waals surface area (Å²) in [6.45, 7) is 3.97. The molecule has 1 unspecified atom stereocenters. The molecule has 3 heteroatoms. The second-order valence-electron chi connectivity index (χ2n) is 5.65. The van der Waals surface area contributed by atoms with Crippen LogP contribution in [0.3, 0.4) is 0 Å². The summed E-state index contributed by atoms with van der Waals surface area (Å²) in [6, 6.07) is 0. The summed E-state index contributed by atoms with van der Waals surface area (Å²) in [4.78, 5) is 0. The Labute approximate surface area is 114 Å². The number of rotatable bonds is 5. The van der Waals surface area contributed by atoms with Gasteiger partial charge in [-0.15, -0.1) is 0 Å². The van der Waals surface area contributed by atoms with Gasteiger partial charge in [-0.2, -0.15) is 0 Å². The van der Waals surface area contributed by atoms with E-state index >= 15 is 0 Å². The first-order chi connectivity index (χ1) is 8.28. The Morgan fingerprint density at radius 3 is 2.59 bits per heavy atom. The highest BCUT2D eigenvalue weighted by atomic mass is 79.9. The molecule has 0 aromatic heterocycles. The van der Waals surface area contributed by atoms with Crippen molar-refractivity contribution in [2.45, 2.75) is 63.6 Å². The molecule has 0 radical (unpaired) electrons. The van der Waals surface area contributed by atoms with E-state index in [4.69, 9.17) is 9.47 Å². The molecule has 1 aliphatic heterocycles. The zero-order valence-corrected chi connectivity index (χ0v) is 12.5. The Hall–Kier alpha value is 0.400. The van der Waals surface area contributed by atoms with Crippen molar-refractivity contribution in [1.29, 1.82) is 0 Å². The molecule has 1 saturated carbocycles. The van der Waals surface area contributed by atoms with Gasteiger partial charge >= 0.3 is 0 Å². The van der Waals surface area contributed by atoms with Crippen LogP contribution in [0.25, 0.3) is 0 Å². The van der Waals surface area contributed by atoms with E-state index in [-0.39, 0.29) is 5.60 Å². The van der Waals surface area contributed by atoms with Crippen LogP contribution in [0.5, 0.6) is 0 Å². The second-order valence-corrected chi connectivity index (χ2v) is 6.21. The zero-order valence-electron chi connectivity index (χ0n) is 10.9. The first-order valence-corrected chi connectivity index (χ1v) is 8.21. The molecule has 0 aromatic carbocycles. The Morgan fingerprint density at radius 2 is 2.06 bits per heavy atom. The van der Waals surface area contributed by atoms with E-state index in [9.17, 15) is 0 Å². The summed E-state index contributed by atoms with van der Waals surface area (Å²) in [5.74, 6) is 0.940. The molecule has 17 heavy (non-hydrogen) atoms. The molecule has 1 atom stereocenters. The molecular formula is C14H25BrO2. The number of halogens is 1. The molecule has 0 aromatic rings. The van der Waals surface area contributed by atoms with Gasteiger partial charge in [0.2, 0.25) is 0 Å². The van der Waals surface area contributed by atoms with Crippen LogP contribution in [0.1, 0.15) is 51.9 Å². The summed E-state index contributed by atoms with van der Waals surface area (Å²) < 4.78 is 11.8. The van der Waals surface area contributed by atoms with E-state index in [1.807, 2.05) is 0 Å². The third-order valence-electron chi connectivity index (χ3n) is 4.26. The lowest BCUT2D eigenvalue weighted by Crippen LogP contribution is -2.42. The summed E-state index contributed by atoms with van der Waals surface area (Å²) in [5.41, 5.74) is 0.0998. The maximum absolute atomic E-state index is 6.34. The maximum Gasteiger partial charge on any atom is 0.0838 e. The van der Waals surface area contributed by atoms with Gasteiger partial charge in [0.05, 0.1) is 18.3 Å². The smallest absolute Gasteiger partial charge is 0.0838 e. The van der Waals surface area contributed by atoms with Gasteiger partial charge in [-0.3, -0.25) is 0 Å². The van der Waals surface area contributed by atoms with Crippen molar-refractivity contribution >= 4 is 15.9 Å². The molecule has 2 rings (SSSR count). The largest absolute Gasteiger partial charge is 0.379 e. The standard InChI is InChI=1S/C14H25BrO2/c1-2-3-12-4-7-14(11-15,8-5-12)17-13-6-9-16-10-13/h12-13H,2-11H2,1H3. The summed E-state index contributed by atoms with van der Waals surface area (Å²) >= 11 is 3.67. The van der Waals surface area contributed by atoms with Crippen molar-refractivity contribution in [3.63, 3.8) is 0 Å². The van der Waals surface area contributed by atoms with Crippen molar-refractivity contribution in [3.8, 4) is 0 Å². The first kappa shape index (κ1) is 13.8. The lowest BCUT2D eigenvalue weighted by Gasteiger charge is -2.40. The van der Waals surface area contributed by atoms with Gasteiger partial charge < -0.3 is 9.47 Å². The van der Waals surface area contributed by atoms with Crippen molar-refractivity contribution in [2.24, 2.45) is 5.92 Å². The molecule has 2 nitrogen and oxygen atoms in total. The van der Waals surface area contributed by atoms with Crippen molar-refractivity contribution in [1.82, 2.24) is 0 Å². The van der Waals surface area contributed by atoms with Crippen molar-refractivity contribution in [2.75, 3.05) is 18.5 Å². The second kappa shape index (κ2) is 6.53. The molecule has 100 valence electrons. The minimum Gasteiger partial charge on any atom is -0.379 e. The highest BCUT2D eigenvalue weighted by Crippen LogP contribution is 2.39. The predicted octanol–water partition coefficient (Wildman–Crippen LogP) is 3.92. The molecule has 1 heterocycles. The van der Waals surface area contributed by atoms with Crippen LogP contribution in [0.4, 0.5) is 0 Å². The zero-order chi connectivity index (χ0) is 12.1. The predicted molar refractivity (Wildman–Crippen MR) is 73.7 cm³/mol. The van der Waals surface area contributed by atoms with E-state index in [0.29, 0.717) is 6.10 Å². The Morgan fingerprint density at radius 1 is 1.29 bits per heavy atom. The van der Waals surface area contributed by atoms with Crippen LogP contribution >= 0.6 is 15.9 Å². The van der Waals surface area contributed by atoms with Crippen LogP contribution in [-0.4, -0.2) is 30.2 Å². The average molecular weight is 305 g/mol. The molecule has 1 aliphatic carbocycles. The van der Waals surface area contributed by atoms with Gasteiger partial charge in [0, 0.05) is 11.9 Å². The van der Waals surface area contributed by atoms with Gasteiger partial charge in [0.25, 0.3) is 0 Å². The topological polar surface area (TPSA) is 18.5 Å². The van der Waals surface area contributed by atoms with Gasteiger partial charge in [-0.1, -0.05) is 35.7 Å². The van der Waals surface area contributed by atoms with Gasteiger partial charge in [-0.25, -0.2) is 0 Å². The fourth-order valence-electron chi connectivity index (χ4n) is 3.14. The molecule has 0 N–H and O–H groups in total. The van der Waals surface area contributed by atoms with E-state index < -0.39 is 0 Å². The van der Waals surface area contributed by atoms with Gasteiger partial charge in [0.15, 0.2) is 0 Å². The van der Waals surface area contributed by atoms with Gasteiger partial charge in [-0.05, 0) is 38.0 Å². The Kier molecular flexibility index (Phi) is 5.31. The quantitative estimate of drug-likeness (QED) is 0.717. The monoisotopic (exact) mass is 304 g/mol. The van der Waals surface area contributed by atoms with Crippen LogP contribution < -0.4 is 0 Å². The third-order valence-corrected chi connectivity index (χ3v) is 5.28. The molecule has 0 spiro atoms. The number of ether oxygens (including phenoxy) is 2. The Balaban J connectivity index is 1.83. The molecular weight excluding hydrogens is 280 g/mol. The molecule has 0 bridgehead atoms. The normalized spacial score (nSPS) is 38.5. The van der Waals surface area contributed by atoms with Crippen LogP contribution in [0.2, 0.25) is 0 Å². The fraction of sp³-hybridized carbons (Fsp3) is 1.00.